The first-order valence-electron chi connectivity index (χ1n) is 13.7. The number of carbonyl (C=O) groups excluding carboxylic acids is 2. The van der Waals surface area contributed by atoms with E-state index in [-0.39, 0.29) is 36.7 Å². The molecule has 8 nitrogen and oxygen atoms in total. The summed E-state index contributed by atoms with van der Waals surface area (Å²) in [5.74, 6) is -1.02. The fourth-order valence-electron chi connectivity index (χ4n) is 5.17. The van der Waals surface area contributed by atoms with E-state index in [2.05, 4.69) is 17.1 Å². The molecule has 2 heterocycles. The molecule has 2 fully saturated rings. The van der Waals surface area contributed by atoms with Crippen LogP contribution < -0.4 is 5.32 Å². The van der Waals surface area contributed by atoms with E-state index in [0.29, 0.717) is 12.2 Å². The average Bonchev–Trinajstić information content (AvgIpc) is 3.37. The van der Waals surface area contributed by atoms with Crippen LogP contribution in [0.5, 0.6) is 0 Å². The number of aliphatic hydroxyl groups is 1. The van der Waals surface area contributed by atoms with Gasteiger partial charge in [-0.3, -0.25) is 14.5 Å². The maximum absolute atomic E-state index is 13.0. The topological polar surface area (TPSA) is 97.3 Å². The highest BCUT2D eigenvalue weighted by Crippen LogP contribution is 2.42. The average molecular weight is 628 g/mol. The molecule has 4 rings (SSSR count). The molecule has 0 saturated carbocycles. The van der Waals surface area contributed by atoms with Crippen molar-refractivity contribution in [2.24, 2.45) is 5.92 Å². The smallest absolute Gasteiger partial charge is 0.323 e. The lowest BCUT2D eigenvalue weighted by Gasteiger charge is -2.43. The second kappa shape index (κ2) is 13.2. The molecule has 41 heavy (non-hydrogen) atoms. The van der Waals surface area contributed by atoms with E-state index < -0.39 is 21.6 Å². The zero-order valence-electron chi connectivity index (χ0n) is 23.6. The molecule has 0 radical (unpaired) electrons. The highest BCUT2D eigenvalue weighted by atomic mass is 35.6. The molecule has 2 aliphatic heterocycles. The molecule has 5 atom stereocenters. The van der Waals surface area contributed by atoms with Gasteiger partial charge in [-0.2, -0.15) is 0 Å². The maximum atomic E-state index is 13.0. The van der Waals surface area contributed by atoms with E-state index in [9.17, 15) is 14.7 Å². The minimum absolute atomic E-state index is 0.0438. The number of ether oxygens (including phenoxy) is 3. The van der Waals surface area contributed by atoms with Crippen molar-refractivity contribution in [3.05, 3.63) is 65.2 Å². The Hall–Kier alpha value is -1.91. The first-order chi connectivity index (χ1) is 19.2. The number of nitrogens with zero attached hydrogens (tertiary/aromatic N) is 1. The van der Waals surface area contributed by atoms with E-state index in [1.807, 2.05) is 45.0 Å². The molecule has 11 heteroatoms. The van der Waals surface area contributed by atoms with Crippen LogP contribution in [0.3, 0.4) is 0 Å². The Bertz CT molecular complexity index is 1200. The van der Waals surface area contributed by atoms with E-state index in [1.165, 1.54) is 0 Å². The summed E-state index contributed by atoms with van der Waals surface area (Å²) in [5, 5.41) is 12.1. The standard InChI is InChI=1S/C30H37Cl3N2O6/c1-18-24(16-35-15-5-6-23(35)26(37)41-29(2,3)4)39-27(40-25(18)20-9-7-19(17-36)8-10-20)21-11-13-22(14-12-21)34-28(38)30(31,32)33/h7-14,18,23-25,27,36H,5-6,15-17H2,1-4H3,(H,34,38). The van der Waals surface area contributed by atoms with Gasteiger partial charge in [-0.25, -0.2) is 0 Å². The van der Waals surface area contributed by atoms with Crippen LogP contribution in [0.1, 0.15) is 69.6 Å². The lowest BCUT2D eigenvalue weighted by molar-refractivity contribution is -0.276. The quantitative estimate of drug-likeness (QED) is 0.283. The van der Waals surface area contributed by atoms with Gasteiger partial charge in [0.05, 0.1) is 18.8 Å². The van der Waals surface area contributed by atoms with Gasteiger partial charge >= 0.3 is 5.97 Å². The summed E-state index contributed by atoms with van der Waals surface area (Å²) in [6.45, 7) is 8.97. The molecule has 0 aromatic heterocycles. The summed E-state index contributed by atoms with van der Waals surface area (Å²) < 4.78 is 16.7. The number of hydrogen-bond donors (Lipinski definition) is 2. The van der Waals surface area contributed by atoms with Gasteiger partial charge in [0.2, 0.25) is 0 Å². The number of carbonyl (C=O) groups is 2. The minimum atomic E-state index is -2.08. The number of aliphatic hydroxyl groups excluding tert-OH is 1. The van der Waals surface area contributed by atoms with Crippen molar-refractivity contribution in [2.75, 3.05) is 18.4 Å². The minimum Gasteiger partial charge on any atom is -0.459 e. The lowest BCUT2D eigenvalue weighted by Crippen LogP contribution is -2.48. The van der Waals surface area contributed by atoms with Gasteiger partial charge in [-0.1, -0.05) is 78.1 Å². The number of amides is 1. The summed E-state index contributed by atoms with van der Waals surface area (Å²) in [4.78, 5) is 27.2. The summed E-state index contributed by atoms with van der Waals surface area (Å²) in [6.07, 6.45) is 0.363. The van der Waals surface area contributed by atoms with Crippen molar-refractivity contribution in [2.45, 2.75) is 81.1 Å². The van der Waals surface area contributed by atoms with Crippen LogP contribution in [0.15, 0.2) is 48.5 Å². The molecule has 2 aromatic rings. The predicted molar refractivity (Wildman–Crippen MR) is 159 cm³/mol. The van der Waals surface area contributed by atoms with Crippen LogP contribution >= 0.6 is 34.8 Å². The third kappa shape index (κ3) is 8.35. The van der Waals surface area contributed by atoms with Crippen molar-refractivity contribution in [3.8, 4) is 0 Å². The maximum Gasteiger partial charge on any atom is 0.323 e. The number of anilines is 1. The molecular weight excluding hydrogens is 591 g/mol. The second-order valence-electron chi connectivity index (χ2n) is 11.6. The molecular formula is C30H37Cl3N2O6. The van der Waals surface area contributed by atoms with Gasteiger partial charge in [0, 0.05) is 23.7 Å². The summed E-state index contributed by atoms with van der Waals surface area (Å²) in [7, 11) is 0. The van der Waals surface area contributed by atoms with E-state index in [0.717, 1.165) is 36.1 Å². The molecule has 2 N–H and O–H groups in total. The van der Waals surface area contributed by atoms with Crippen LogP contribution in [0.2, 0.25) is 0 Å². The zero-order chi connectivity index (χ0) is 29.9. The second-order valence-corrected chi connectivity index (χ2v) is 13.9. The van der Waals surface area contributed by atoms with Crippen molar-refractivity contribution < 1.29 is 28.9 Å². The zero-order valence-corrected chi connectivity index (χ0v) is 25.9. The van der Waals surface area contributed by atoms with Crippen molar-refractivity contribution in [3.63, 3.8) is 0 Å². The molecule has 1 amide bonds. The van der Waals surface area contributed by atoms with Crippen LogP contribution in [0.4, 0.5) is 5.69 Å². The fourth-order valence-corrected chi connectivity index (χ4v) is 5.31. The number of nitrogens with one attached hydrogen (secondary N) is 1. The van der Waals surface area contributed by atoms with Crippen LogP contribution in [0, 0.1) is 5.92 Å². The van der Waals surface area contributed by atoms with E-state index in [4.69, 9.17) is 49.0 Å². The Morgan fingerprint density at radius 1 is 1.02 bits per heavy atom. The van der Waals surface area contributed by atoms with E-state index in [1.54, 1.807) is 24.3 Å². The molecule has 0 spiro atoms. The summed E-state index contributed by atoms with van der Waals surface area (Å²) in [6, 6.07) is 14.3. The largest absolute Gasteiger partial charge is 0.459 e. The number of esters is 1. The van der Waals surface area contributed by atoms with Crippen molar-refractivity contribution in [1.29, 1.82) is 0 Å². The number of benzene rings is 2. The van der Waals surface area contributed by atoms with E-state index >= 15 is 0 Å². The normalized spacial score (nSPS) is 25.6. The Morgan fingerprint density at radius 3 is 2.24 bits per heavy atom. The van der Waals surface area contributed by atoms with Crippen LogP contribution in [-0.4, -0.2) is 56.5 Å². The third-order valence-electron chi connectivity index (χ3n) is 7.28. The molecule has 0 aliphatic carbocycles. The van der Waals surface area contributed by atoms with Gasteiger partial charge < -0.3 is 24.6 Å². The number of hydrogen-bond acceptors (Lipinski definition) is 7. The summed E-state index contributed by atoms with van der Waals surface area (Å²) >= 11 is 17.0. The Balaban J connectivity index is 1.57. The monoisotopic (exact) mass is 626 g/mol. The number of halogens is 3. The Morgan fingerprint density at radius 2 is 1.66 bits per heavy atom. The van der Waals surface area contributed by atoms with Gasteiger partial charge in [0.1, 0.15) is 11.6 Å². The first-order valence-corrected chi connectivity index (χ1v) is 14.8. The third-order valence-corrected chi connectivity index (χ3v) is 7.79. The highest BCUT2D eigenvalue weighted by molar-refractivity contribution is 6.76. The molecule has 2 aromatic carbocycles. The van der Waals surface area contributed by atoms with Crippen LogP contribution in [0.25, 0.3) is 0 Å². The number of alkyl halides is 3. The highest BCUT2D eigenvalue weighted by Gasteiger charge is 2.42. The van der Waals surface area contributed by atoms with Gasteiger partial charge in [0.25, 0.3) is 9.70 Å². The van der Waals surface area contributed by atoms with Gasteiger partial charge in [-0.15, -0.1) is 0 Å². The molecule has 224 valence electrons. The van der Waals surface area contributed by atoms with Crippen molar-refractivity contribution >= 4 is 52.4 Å². The number of rotatable bonds is 7. The van der Waals surface area contributed by atoms with Gasteiger partial charge in [-0.05, 0) is 63.4 Å². The first kappa shape index (κ1) is 32.0. The molecule has 0 bridgehead atoms. The predicted octanol–water partition coefficient (Wildman–Crippen LogP) is 6.09. The molecule has 2 aliphatic rings. The van der Waals surface area contributed by atoms with Crippen LogP contribution in [-0.2, 0) is 30.4 Å². The van der Waals surface area contributed by atoms with Gasteiger partial charge in [0.15, 0.2) is 6.29 Å². The Labute approximate surface area is 256 Å². The molecule has 2 saturated heterocycles. The fraction of sp³-hybridized carbons (Fsp3) is 0.533. The summed E-state index contributed by atoms with van der Waals surface area (Å²) in [5.41, 5.74) is 2.42. The lowest BCUT2D eigenvalue weighted by atomic mass is 9.90. The van der Waals surface area contributed by atoms with Crippen molar-refractivity contribution in [1.82, 2.24) is 4.90 Å². The molecule has 5 unspecified atom stereocenters. The SMILES string of the molecule is CC1C(CN2CCCC2C(=O)OC(C)(C)C)OC(c2ccc(NC(=O)C(Cl)(Cl)Cl)cc2)OC1c1ccc(CO)cc1. The number of likely N-dealkylation sites (tertiary alicyclic amines) is 1. The Kier molecular flexibility index (Phi) is 10.3.